The fourth-order valence-corrected chi connectivity index (χ4v) is 6.18. The molecule has 0 radical (unpaired) electrons. The number of carboxylic acids is 1. The van der Waals surface area contributed by atoms with Crippen LogP contribution in [0.5, 0.6) is 11.6 Å². The molecule has 0 spiro atoms. The first-order valence-corrected chi connectivity index (χ1v) is 15.9. The van der Waals surface area contributed by atoms with Crippen LogP contribution in [0.4, 0.5) is 5.95 Å². The number of rotatable bonds is 11. The zero-order valence-electron chi connectivity index (χ0n) is 25.3. The van der Waals surface area contributed by atoms with Crippen LogP contribution in [0.2, 0.25) is 10.0 Å². The van der Waals surface area contributed by atoms with Crippen molar-refractivity contribution in [3.63, 3.8) is 0 Å². The number of carboxylic acid groups (broad SMARTS) is 1. The first-order chi connectivity index (χ1) is 21.0. The zero-order chi connectivity index (χ0) is 31.3. The molecule has 0 atom stereocenters. The summed E-state index contributed by atoms with van der Waals surface area (Å²) < 4.78 is 6.18. The molecule has 2 N–H and O–H groups in total. The highest BCUT2D eigenvalue weighted by molar-refractivity contribution is 6.35. The maximum atomic E-state index is 11.1. The number of nitrogens with zero attached hydrogens (tertiary/aromatic N) is 6. The fourth-order valence-electron chi connectivity index (χ4n) is 5.66. The fraction of sp³-hybridized carbons (Fsp3) is 0.500. The van der Waals surface area contributed by atoms with E-state index in [-0.39, 0.29) is 12.3 Å². The highest BCUT2D eigenvalue weighted by Gasteiger charge is 2.23. The van der Waals surface area contributed by atoms with Crippen LogP contribution >= 0.6 is 23.2 Å². The summed E-state index contributed by atoms with van der Waals surface area (Å²) in [6.45, 7) is 10.3. The lowest BCUT2D eigenvalue weighted by Gasteiger charge is -2.35. The number of anilines is 1. The minimum Gasteiger partial charge on any atom is -0.481 e. The molecule has 0 bridgehead atoms. The van der Waals surface area contributed by atoms with Gasteiger partial charge in [0, 0.05) is 67.4 Å². The second kappa shape index (κ2) is 14.4. The molecule has 0 saturated carbocycles. The number of piperidine rings is 1. The summed E-state index contributed by atoms with van der Waals surface area (Å²) in [5.41, 5.74) is 1.82. The van der Waals surface area contributed by atoms with E-state index in [0.717, 1.165) is 76.2 Å². The number of piperazine rings is 1. The Morgan fingerprint density at radius 3 is 2.23 bits per heavy atom. The van der Waals surface area contributed by atoms with Crippen molar-refractivity contribution in [2.75, 3.05) is 50.7 Å². The average molecular weight is 644 g/mol. The second-order valence-electron chi connectivity index (χ2n) is 12.4. The first-order valence-electron chi connectivity index (χ1n) is 15.1. The predicted molar refractivity (Wildman–Crippen MR) is 172 cm³/mol. The Morgan fingerprint density at radius 2 is 1.61 bits per heavy atom. The van der Waals surface area contributed by atoms with E-state index in [4.69, 9.17) is 38.0 Å². The van der Waals surface area contributed by atoms with Crippen molar-refractivity contribution in [3.8, 4) is 22.9 Å². The highest BCUT2D eigenvalue weighted by atomic mass is 35.5. The molecular formula is C32H40Cl2N6O4. The molecule has 0 amide bonds. The summed E-state index contributed by atoms with van der Waals surface area (Å²) in [5.74, 6) is 1.02. The van der Waals surface area contributed by atoms with Crippen LogP contribution in [0.3, 0.4) is 0 Å². The summed E-state index contributed by atoms with van der Waals surface area (Å²) in [7, 11) is 0. The van der Waals surface area contributed by atoms with E-state index < -0.39 is 11.6 Å². The molecule has 1 aromatic carbocycles. The lowest BCUT2D eigenvalue weighted by atomic mass is 9.93. The van der Waals surface area contributed by atoms with Gasteiger partial charge in [-0.05, 0) is 81.9 Å². The molecular weight excluding hydrogens is 603 g/mol. The number of hydrogen-bond donors (Lipinski definition) is 2. The van der Waals surface area contributed by atoms with E-state index in [2.05, 4.69) is 24.7 Å². The van der Waals surface area contributed by atoms with Crippen molar-refractivity contribution in [3.05, 3.63) is 58.3 Å². The van der Waals surface area contributed by atoms with Crippen molar-refractivity contribution in [2.24, 2.45) is 5.92 Å². The first kappa shape index (κ1) is 32.4. The summed E-state index contributed by atoms with van der Waals surface area (Å²) >= 11 is 12.6. The lowest BCUT2D eigenvalue weighted by molar-refractivity contribution is -0.138. The van der Waals surface area contributed by atoms with Crippen LogP contribution in [-0.2, 0) is 11.3 Å². The molecule has 2 aliphatic rings. The van der Waals surface area contributed by atoms with E-state index in [0.29, 0.717) is 39.9 Å². The van der Waals surface area contributed by atoms with E-state index in [1.807, 2.05) is 38.1 Å². The van der Waals surface area contributed by atoms with Gasteiger partial charge < -0.3 is 19.8 Å². The van der Waals surface area contributed by atoms with Gasteiger partial charge in [-0.3, -0.25) is 14.6 Å². The third-order valence-corrected chi connectivity index (χ3v) is 8.56. The Balaban J connectivity index is 1.27. The minimum atomic E-state index is -0.734. The molecule has 2 aliphatic heterocycles. The molecule has 3 aromatic rings. The number of hydrogen-bond acceptors (Lipinski definition) is 9. The number of ether oxygens (including phenoxy) is 1. The number of carbonyl (C=O) groups is 1. The molecule has 44 heavy (non-hydrogen) atoms. The Kier molecular flexibility index (Phi) is 10.6. The van der Waals surface area contributed by atoms with E-state index in [9.17, 15) is 9.90 Å². The quantitative estimate of drug-likeness (QED) is 0.273. The Bertz CT molecular complexity index is 1400. The number of aliphatic hydroxyl groups is 1. The number of benzene rings is 1. The molecule has 2 aromatic heterocycles. The summed E-state index contributed by atoms with van der Waals surface area (Å²) in [6.07, 6.45) is 6.01. The van der Waals surface area contributed by atoms with Gasteiger partial charge in [0.25, 0.3) is 0 Å². The molecule has 236 valence electrons. The van der Waals surface area contributed by atoms with Gasteiger partial charge in [-0.15, -0.1) is 0 Å². The number of likely N-dealkylation sites (tertiary alicyclic amines) is 1. The van der Waals surface area contributed by atoms with Crippen LogP contribution in [0.15, 0.2) is 42.7 Å². The third-order valence-electron chi connectivity index (χ3n) is 8.13. The zero-order valence-corrected chi connectivity index (χ0v) is 26.8. The largest absolute Gasteiger partial charge is 0.481 e. The molecule has 2 fully saturated rings. The number of pyridine rings is 1. The molecule has 0 unspecified atom stereocenters. The Morgan fingerprint density at radius 1 is 0.955 bits per heavy atom. The summed E-state index contributed by atoms with van der Waals surface area (Å²) in [6, 6.07) is 9.26. The highest BCUT2D eigenvalue weighted by Crippen LogP contribution is 2.31. The molecule has 2 saturated heterocycles. The van der Waals surface area contributed by atoms with Crippen molar-refractivity contribution in [1.82, 2.24) is 24.8 Å². The summed E-state index contributed by atoms with van der Waals surface area (Å²) in [5, 5.41) is 20.2. The lowest BCUT2D eigenvalue weighted by Crippen LogP contribution is -2.48. The number of halogens is 2. The van der Waals surface area contributed by atoms with Gasteiger partial charge in [0.1, 0.15) is 0 Å². The van der Waals surface area contributed by atoms with Gasteiger partial charge in [-0.2, -0.15) is 0 Å². The molecule has 5 rings (SSSR count). The van der Waals surface area contributed by atoms with Crippen molar-refractivity contribution >= 4 is 35.1 Å². The van der Waals surface area contributed by atoms with Gasteiger partial charge in [0.15, 0.2) is 5.75 Å². The number of aromatic nitrogens is 3. The van der Waals surface area contributed by atoms with Gasteiger partial charge in [0.05, 0.1) is 23.7 Å². The van der Waals surface area contributed by atoms with Gasteiger partial charge in [-0.25, -0.2) is 15.0 Å². The average Bonchev–Trinajstić information content (AvgIpc) is 2.97. The topological polar surface area (TPSA) is 115 Å². The van der Waals surface area contributed by atoms with Crippen LogP contribution in [0.1, 0.15) is 45.1 Å². The van der Waals surface area contributed by atoms with E-state index in [1.54, 1.807) is 18.5 Å². The molecule has 4 heterocycles. The molecule has 10 nitrogen and oxygen atoms in total. The normalized spacial score (nSPS) is 17.2. The van der Waals surface area contributed by atoms with Crippen LogP contribution in [0.25, 0.3) is 11.3 Å². The maximum Gasteiger partial charge on any atom is 0.303 e. The van der Waals surface area contributed by atoms with E-state index in [1.165, 1.54) is 0 Å². The Labute approximate surface area is 268 Å². The van der Waals surface area contributed by atoms with Crippen LogP contribution < -0.4 is 9.64 Å². The summed E-state index contributed by atoms with van der Waals surface area (Å²) in [4.78, 5) is 31.9. The van der Waals surface area contributed by atoms with Crippen molar-refractivity contribution in [2.45, 2.75) is 51.7 Å². The smallest absolute Gasteiger partial charge is 0.303 e. The van der Waals surface area contributed by atoms with Gasteiger partial charge >= 0.3 is 5.97 Å². The van der Waals surface area contributed by atoms with Crippen LogP contribution in [-0.4, -0.2) is 92.3 Å². The van der Waals surface area contributed by atoms with Gasteiger partial charge in [-0.1, -0.05) is 23.2 Å². The Hall–Kier alpha value is -3.02. The number of aliphatic carboxylic acids is 1. The SMILES string of the molecule is CC(C)(O)CCN1CCN(c2ncc(Oc3cc(CN4CCC(CC(=O)O)CC4)cc(-c4cc(Cl)cc(Cl)c4)n3)cn2)CC1. The van der Waals surface area contributed by atoms with Crippen molar-refractivity contribution < 1.29 is 19.7 Å². The predicted octanol–water partition coefficient (Wildman–Crippen LogP) is 5.61. The van der Waals surface area contributed by atoms with Crippen LogP contribution in [0, 0.1) is 5.92 Å². The maximum absolute atomic E-state index is 11.1. The van der Waals surface area contributed by atoms with Gasteiger partial charge in [0.2, 0.25) is 11.8 Å². The van der Waals surface area contributed by atoms with Crippen molar-refractivity contribution in [1.29, 1.82) is 0 Å². The third kappa shape index (κ3) is 9.49. The standard InChI is InChI=1S/C32H40Cl2N6O4/c1-32(2,43)5-8-38-9-11-40(12-10-38)31-35-19-27(20-36-31)44-29-14-23(21-39-6-3-22(4-7-39)15-30(41)42)13-28(37-29)24-16-25(33)18-26(34)17-24/h13-14,16-20,22,43H,3-12,15,21H2,1-2H3,(H,41,42). The van der Waals surface area contributed by atoms with E-state index >= 15 is 0 Å². The monoisotopic (exact) mass is 642 g/mol. The second-order valence-corrected chi connectivity index (χ2v) is 13.3. The molecule has 0 aliphatic carbocycles. The molecule has 12 heteroatoms. The minimum absolute atomic E-state index is 0.217.